The van der Waals surface area contributed by atoms with E-state index in [1.165, 1.54) is 18.2 Å². The summed E-state index contributed by atoms with van der Waals surface area (Å²) in [6, 6.07) is 14.0. The Kier molecular flexibility index (Phi) is 4.03. The fraction of sp³-hybridized carbons (Fsp3) is 0.133. The first-order valence-corrected chi connectivity index (χ1v) is 5.96. The average molecular weight is 257 g/mol. The second-order valence-electron chi connectivity index (χ2n) is 4.15. The molecule has 98 valence electrons. The third-order valence-electron chi connectivity index (χ3n) is 2.71. The molecule has 0 aliphatic heterocycles. The van der Waals surface area contributed by atoms with Crippen LogP contribution < -0.4 is 5.73 Å². The minimum absolute atomic E-state index is 0.0908. The first kappa shape index (κ1) is 13.0. The number of hydrogen-bond acceptors (Lipinski definition) is 4. The van der Waals surface area contributed by atoms with Crippen LogP contribution in [0.25, 0.3) is 0 Å². The molecule has 0 heterocycles. The highest BCUT2D eigenvalue weighted by atomic mass is 16.5. The Balaban J connectivity index is 1.93. The molecule has 0 aliphatic rings. The van der Waals surface area contributed by atoms with Gasteiger partial charge in [0, 0.05) is 12.1 Å². The number of nitrogen functional groups attached to an aromatic ring is 1. The summed E-state index contributed by atoms with van der Waals surface area (Å²) in [5.41, 5.74) is 7.16. The molecule has 0 spiro atoms. The molecule has 0 fully saturated rings. The number of phenolic OH excluding ortho intramolecular Hbond substituents is 1. The van der Waals surface area contributed by atoms with E-state index < -0.39 is 5.97 Å². The highest BCUT2D eigenvalue weighted by molar-refractivity contribution is 5.93. The van der Waals surface area contributed by atoms with Gasteiger partial charge in [-0.2, -0.15) is 0 Å². The normalized spacial score (nSPS) is 10.1. The second kappa shape index (κ2) is 5.91. The molecule has 19 heavy (non-hydrogen) atoms. The summed E-state index contributed by atoms with van der Waals surface area (Å²) in [5.74, 6) is -0.695. The van der Waals surface area contributed by atoms with Crippen LogP contribution in [0, 0.1) is 0 Å². The van der Waals surface area contributed by atoms with Gasteiger partial charge in [-0.05, 0) is 23.8 Å². The summed E-state index contributed by atoms with van der Waals surface area (Å²) in [5, 5.41) is 9.57. The summed E-state index contributed by atoms with van der Waals surface area (Å²) < 4.78 is 5.11. The third kappa shape index (κ3) is 3.48. The maximum Gasteiger partial charge on any atom is 0.341 e. The van der Waals surface area contributed by atoms with Gasteiger partial charge in [0.1, 0.15) is 11.3 Å². The number of benzene rings is 2. The second-order valence-corrected chi connectivity index (χ2v) is 4.15. The molecule has 4 nitrogen and oxygen atoms in total. The van der Waals surface area contributed by atoms with E-state index in [0.29, 0.717) is 12.1 Å². The number of esters is 1. The van der Waals surface area contributed by atoms with Crippen LogP contribution in [0.5, 0.6) is 5.75 Å². The number of aromatic hydroxyl groups is 1. The van der Waals surface area contributed by atoms with E-state index in [2.05, 4.69) is 0 Å². The lowest BCUT2D eigenvalue weighted by atomic mass is 10.1. The largest absolute Gasteiger partial charge is 0.507 e. The first-order chi connectivity index (χ1) is 9.16. The van der Waals surface area contributed by atoms with Crippen molar-refractivity contribution in [1.29, 1.82) is 0 Å². The van der Waals surface area contributed by atoms with Crippen molar-refractivity contribution in [2.24, 2.45) is 0 Å². The smallest absolute Gasteiger partial charge is 0.341 e. The predicted octanol–water partition coefficient (Wildman–Crippen LogP) is 2.37. The summed E-state index contributed by atoms with van der Waals surface area (Å²) in [4.78, 5) is 11.8. The van der Waals surface area contributed by atoms with Gasteiger partial charge in [-0.3, -0.25) is 0 Å². The first-order valence-electron chi connectivity index (χ1n) is 5.96. The lowest BCUT2D eigenvalue weighted by molar-refractivity contribution is 0.0506. The van der Waals surface area contributed by atoms with Crippen LogP contribution in [0.15, 0.2) is 48.5 Å². The molecule has 2 aromatic rings. The molecule has 2 aromatic carbocycles. The standard InChI is InChI=1S/C15H15NO3/c16-12-6-7-14(17)13(10-12)15(18)19-9-8-11-4-2-1-3-5-11/h1-7,10,17H,8-9,16H2. The lowest BCUT2D eigenvalue weighted by Gasteiger charge is -2.07. The highest BCUT2D eigenvalue weighted by Crippen LogP contribution is 2.20. The van der Waals surface area contributed by atoms with Crippen molar-refractivity contribution in [3.05, 3.63) is 59.7 Å². The van der Waals surface area contributed by atoms with Gasteiger partial charge in [0.25, 0.3) is 0 Å². The number of carbonyl (C=O) groups excluding carboxylic acids is 1. The van der Waals surface area contributed by atoms with E-state index in [1.54, 1.807) is 0 Å². The van der Waals surface area contributed by atoms with E-state index in [9.17, 15) is 9.90 Å². The fourth-order valence-electron chi connectivity index (χ4n) is 1.70. The highest BCUT2D eigenvalue weighted by Gasteiger charge is 2.12. The molecule has 4 heteroatoms. The van der Waals surface area contributed by atoms with Crippen LogP contribution in [0.3, 0.4) is 0 Å². The average Bonchev–Trinajstić information content (AvgIpc) is 2.42. The molecule has 2 rings (SSSR count). The number of anilines is 1. The van der Waals surface area contributed by atoms with Gasteiger partial charge in [0.2, 0.25) is 0 Å². The van der Waals surface area contributed by atoms with Gasteiger partial charge in [-0.25, -0.2) is 4.79 Å². The summed E-state index contributed by atoms with van der Waals surface area (Å²) in [6.45, 7) is 0.261. The van der Waals surface area contributed by atoms with Crippen molar-refractivity contribution in [3.63, 3.8) is 0 Å². The number of nitrogens with two attached hydrogens (primary N) is 1. The Bertz CT molecular complexity index is 567. The quantitative estimate of drug-likeness (QED) is 0.501. The van der Waals surface area contributed by atoms with Gasteiger partial charge in [-0.1, -0.05) is 30.3 Å². The van der Waals surface area contributed by atoms with E-state index in [0.717, 1.165) is 5.56 Å². The summed E-state index contributed by atoms with van der Waals surface area (Å²) >= 11 is 0. The van der Waals surface area contributed by atoms with Crippen LogP contribution in [0.2, 0.25) is 0 Å². The van der Waals surface area contributed by atoms with Crippen molar-refractivity contribution in [2.75, 3.05) is 12.3 Å². The molecule has 0 bridgehead atoms. The van der Waals surface area contributed by atoms with Crippen molar-refractivity contribution in [3.8, 4) is 5.75 Å². The number of phenols is 1. The molecule has 0 atom stereocenters. The van der Waals surface area contributed by atoms with Crippen LogP contribution in [-0.2, 0) is 11.2 Å². The Labute approximate surface area is 111 Å². The van der Waals surface area contributed by atoms with Crippen molar-refractivity contribution >= 4 is 11.7 Å². The van der Waals surface area contributed by atoms with Crippen molar-refractivity contribution in [2.45, 2.75) is 6.42 Å². The molecule has 3 N–H and O–H groups in total. The SMILES string of the molecule is Nc1ccc(O)c(C(=O)OCCc2ccccc2)c1. The van der Waals surface area contributed by atoms with Crippen molar-refractivity contribution in [1.82, 2.24) is 0 Å². The number of carbonyl (C=O) groups is 1. The molecule has 0 amide bonds. The zero-order chi connectivity index (χ0) is 13.7. The molecular weight excluding hydrogens is 242 g/mol. The minimum Gasteiger partial charge on any atom is -0.507 e. The number of ether oxygens (including phenoxy) is 1. The van der Waals surface area contributed by atoms with E-state index in [-0.39, 0.29) is 17.9 Å². The van der Waals surface area contributed by atoms with Crippen LogP contribution >= 0.6 is 0 Å². The van der Waals surface area contributed by atoms with Crippen LogP contribution in [-0.4, -0.2) is 17.7 Å². The van der Waals surface area contributed by atoms with Gasteiger partial charge in [-0.15, -0.1) is 0 Å². The Morgan fingerprint density at radius 2 is 1.89 bits per heavy atom. The van der Waals surface area contributed by atoms with E-state index >= 15 is 0 Å². The maximum atomic E-state index is 11.8. The molecule has 0 radical (unpaired) electrons. The molecule has 0 unspecified atom stereocenters. The monoisotopic (exact) mass is 257 g/mol. The molecular formula is C15H15NO3. The zero-order valence-electron chi connectivity index (χ0n) is 10.4. The number of hydrogen-bond donors (Lipinski definition) is 2. The summed E-state index contributed by atoms with van der Waals surface area (Å²) in [6.07, 6.45) is 0.635. The minimum atomic E-state index is -0.569. The Morgan fingerprint density at radius 1 is 1.16 bits per heavy atom. The van der Waals surface area contributed by atoms with Gasteiger partial charge >= 0.3 is 5.97 Å². The van der Waals surface area contributed by atoms with Crippen molar-refractivity contribution < 1.29 is 14.6 Å². The maximum absolute atomic E-state index is 11.8. The zero-order valence-corrected chi connectivity index (χ0v) is 10.4. The van der Waals surface area contributed by atoms with Gasteiger partial charge in [0.15, 0.2) is 0 Å². The Morgan fingerprint density at radius 3 is 2.63 bits per heavy atom. The Hall–Kier alpha value is -2.49. The third-order valence-corrected chi connectivity index (χ3v) is 2.71. The molecule has 0 aromatic heterocycles. The van der Waals surface area contributed by atoms with Gasteiger partial charge < -0.3 is 15.6 Å². The topological polar surface area (TPSA) is 72.5 Å². The van der Waals surface area contributed by atoms with E-state index in [4.69, 9.17) is 10.5 Å². The van der Waals surface area contributed by atoms with Crippen LogP contribution in [0.4, 0.5) is 5.69 Å². The molecule has 0 saturated carbocycles. The van der Waals surface area contributed by atoms with Gasteiger partial charge in [0.05, 0.1) is 6.61 Å². The van der Waals surface area contributed by atoms with Crippen LogP contribution in [0.1, 0.15) is 15.9 Å². The predicted molar refractivity (Wildman–Crippen MR) is 72.9 cm³/mol. The van der Waals surface area contributed by atoms with E-state index in [1.807, 2.05) is 30.3 Å². The number of rotatable bonds is 4. The fourth-order valence-corrected chi connectivity index (χ4v) is 1.70. The summed E-state index contributed by atoms with van der Waals surface area (Å²) in [7, 11) is 0. The lowest BCUT2D eigenvalue weighted by Crippen LogP contribution is -2.09. The molecule has 0 saturated heterocycles. The molecule has 0 aliphatic carbocycles.